The number of aryl methyl sites for hydroxylation is 1. The number of rotatable bonds is 8. The van der Waals surface area contributed by atoms with E-state index in [0.29, 0.717) is 25.1 Å². The molecule has 0 radical (unpaired) electrons. The number of nitrogens with two attached hydrogens (primary N) is 1. The second kappa shape index (κ2) is 11.6. The quantitative estimate of drug-likeness (QED) is 0.183. The molecule has 0 fully saturated rings. The van der Waals surface area contributed by atoms with Crippen molar-refractivity contribution in [3.05, 3.63) is 70.9 Å². The van der Waals surface area contributed by atoms with E-state index in [1.54, 1.807) is 7.05 Å². The lowest BCUT2D eigenvalue weighted by Gasteiger charge is -2.36. The molecule has 1 aliphatic rings. The van der Waals surface area contributed by atoms with Gasteiger partial charge in [-0.1, -0.05) is 50.2 Å². The van der Waals surface area contributed by atoms with Crippen molar-refractivity contribution in [3.63, 3.8) is 0 Å². The van der Waals surface area contributed by atoms with Gasteiger partial charge in [0.05, 0.1) is 24.4 Å². The Kier molecular flexibility index (Phi) is 8.47. The third kappa shape index (κ3) is 6.05. The van der Waals surface area contributed by atoms with Crippen molar-refractivity contribution in [1.29, 1.82) is 0 Å². The number of pyridine rings is 2. The zero-order chi connectivity index (χ0) is 27.4. The second-order valence-corrected chi connectivity index (χ2v) is 11.0. The van der Waals surface area contributed by atoms with Crippen molar-refractivity contribution in [3.8, 4) is 23.0 Å². The molecule has 4 rings (SSSR count). The molecule has 0 unspecified atom stereocenters. The van der Waals surface area contributed by atoms with Crippen LogP contribution in [-0.4, -0.2) is 53.8 Å². The number of carbonyl (C=O) groups excluding carboxylic acids is 1. The highest BCUT2D eigenvalue weighted by Gasteiger charge is 2.44. The molecular formula is C28H36N6O3S. The summed E-state index contributed by atoms with van der Waals surface area (Å²) in [4.78, 5) is 29.0. The number of hydrogen-bond acceptors (Lipinski definition) is 8. The highest BCUT2D eigenvalue weighted by Crippen LogP contribution is 2.51. The van der Waals surface area contributed by atoms with Gasteiger partial charge in [0, 0.05) is 29.7 Å². The van der Waals surface area contributed by atoms with E-state index >= 15 is 0 Å². The summed E-state index contributed by atoms with van der Waals surface area (Å²) in [6.45, 7) is 6.73. The van der Waals surface area contributed by atoms with E-state index in [0.717, 1.165) is 45.6 Å². The fourth-order valence-electron chi connectivity index (χ4n) is 4.41. The van der Waals surface area contributed by atoms with Crippen molar-refractivity contribution in [1.82, 2.24) is 19.6 Å². The molecule has 0 saturated heterocycles. The minimum atomic E-state index is -0.944. The Balaban J connectivity index is 0.00000420. The average molecular weight is 537 g/mol. The molecule has 3 heterocycles. The number of ether oxygens (including phenoxy) is 2. The molecule has 38 heavy (non-hydrogen) atoms. The maximum Gasteiger partial charge on any atom is 0.254 e. The van der Waals surface area contributed by atoms with Gasteiger partial charge in [0.2, 0.25) is 11.8 Å². The minimum absolute atomic E-state index is 0. The van der Waals surface area contributed by atoms with Crippen LogP contribution < -0.4 is 15.2 Å². The predicted octanol–water partition coefficient (Wildman–Crippen LogP) is 4.71. The number of aliphatic imine (C=N–C) groups is 1. The third-order valence-electron chi connectivity index (χ3n) is 6.29. The molecule has 1 atom stereocenters. The maximum absolute atomic E-state index is 13.4. The molecule has 1 aromatic carbocycles. The summed E-state index contributed by atoms with van der Waals surface area (Å²) >= 11 is 1.10. The van der Waals surface area contributed by atoms with Crippen molar-refractivity contribution in [2.24, 2.45) is 16.1 Å². The van der Waals surface area contributed by atoms with Crippen LogP contribution in [0.2, 0.25) is 0 Å². The molecule has 9 nitrogen and oxygen atoms in total. The van der Waals surface area contributed by atoms with Gasteiger partial charge in [-0.15, -0.1) is 0 Å². The summed E-state index contributed by atoms with van der Waals surface area (Å²) in [5, 5.41) is 0.157. The summed E-state index contributed by atoms with van der Waals surface area (Å²) in [7, 11) is 5.66. The number of nitrogens with zero attached hydrogens (tertiary/aromatic N) is 4. The fraction of sp³-hybridized carbons (Fsp3) is 0.357. The van der Waals surface area contributed by atoms with Crippen LogP contribution in [0.4, 0.5) is 0 Å². The summed E-state index contributed by atoms with van der Waals surface area (Å²) in [5.41, 5.74) is 10.2. The minimum Gasteiger partial charge on any atom is -0.420 e. The van der Waals surface area contributed by atoms with E-state index in [1.807, 2.05) is 88.3 Å². The summed E-state index contributed by atoms with van der Waals surface area (Å²) < 4.78 is 14.7. The number of amides is 1. The Morgan fingerprint density at radius 1 is 1.13 bits per heavy atom. The van der Waals surface area contributed by atoms with E-state index in [9.17, 15) is 4.79 Å². The smallest absolute Gasteiger partial charge is 0.254 e. The molecule has 1 aliphatic heterocycles. The largest absolute Gasteiger partial charge is 0.420 e. The van der Waals surface area contributed by atoms with Gasteiger partial charge in [0.25, 0.3) is 5.91 Å². The first kappa shape index (κ1) is 27.7. The molecule has 1 amide bonds. The standard InChI is InChI=1S/C28H34N6O3S.H2/c1-17-7-12-20-23(28(2,3)26(35)33-27(29)38-30-4)21-13-14-22(32-25(21)37-24(20)31-17)19-10-8-18(9-11-19)15-36-16-34(5)6;/h7-14,23,30H,15-16H2,1-6H3,(H2,29,33,35);1H/t23-;/m0./s1. The van der Waals surface area contributed by atoms with Gasteiger partial charge in [-0.2, -0.15) is 4.99 Å². The second-order valence-electron chi connectivity index (χ2n) is 10.0. The van der Waals surface area contributed by atoms with E-state index < -0.39 is 5.41 Å². The van der Waals surface area contributed by atoms with E-state index in [2.05, 4.69) is 14.7 Å². The summed E-state index contributed by atoms with van der Waals surface area (Å²) in [6.07, 6.45) is 0. The van der Waals surface area contributed by atoms with Crippen LogP contribution >= 0.6 is 11.9 Å². The molecule has 0 saturated carbocycles. The summed E-state index contributed by atoms with van der Waals surface area (Å²) in [6, 6.07) is 15.9. The lowest BCUT2D eigenvalue weighted by molar-refractivity contribution is -0.126. The van der Waals surface area contributed by atoms with Crippen molar-refractivity contribution < 1.29 is 15.7 Å². The Morgan fingerprint density at radius 2 is 1.79 bits per heavy atom. The van der Waals surface area contributed by atoms with Gasteiger partial charge in [0.1, 0.15) is 0 Å². The van der Waals surface area contributed by atoms with Gasteiger partial charge in [-0.05, 0) is 57.7 Å². The molecule has 0 bridgehead atoms. The zero-order valence-corrected chi connectivity index (χ0v) is 23.4. The lowest BCUT2D eigenvalue weighted by atomic mass is 9.70. The average Bonchev–Trinajstić information content (AvgIpc) is 2.87. The number of amidine groups is 1. The molecule has 0 spiro atoms. The first-order chi connectivity index (χ1) is 18.1. The van der Waals surface area contributed by atoms with Crippen LogP contribution in [0, 0.1) is 12.3 Å². The Morgan fingerprint density at radius 3 is 2.45 bits per heavy atom. The Bertz CT molecular complexity index is 1350. The SMILES string of the molecule is CNSC(N)=NC(=O)C(C)(C)[C@H]1c2ccc(C)nc2Oc2nc(-c3ccc(COCN(C)C)cc3)ccc21.[HH]. The van der Waals surface area contributed by atoms with Gasteiger partial charge in [-0.3, -0.25) is 14.4 Å². The van der Waals surface area contributed by atoms with Crippen LogP contribution in [0.25, 0.3) is 11.3 Å². The monoisotopic (exact) mass is 536 g/mol. The number of fused-ring (bicyclic) bond motifs is 2. The molecule has 3 N–H and O–H groups in total. The van der Waals surface area contributed by atoms with E-state index in [1.165, 1.54) is 0 Å². The van der Waals surface area contributed by atoms with Crippen LogP contribution in [0.1, 0.15) is 43.6 Å². The Hall–Kier alpha value is -3.31. The lowest BCUT2D eigenvalue weighted by Crippen LogP contribution is -2.34. The number of benzene rings is 1. The van der Waals surface area contributed by atoms with Crippen molar-refractivity contribution in [2.45, 2.75) is 33.3 Å². The van der Waals surface area contributed by atoms with Gasteiger partial charge in [-0.25, -0.2) is 9.97 Å². The molecule has 2 aromatic heterocycles. The van der Waals surface area contributed by atoms with Crippen LogP contribution in [0.3, 0.4) is 0 Å². The predicted molar refractivity (Wildman–Crippen MR) is 153 cm³/mol. The topological polar surface area (TPSA) is 115 Å². The first-order valence-electron chi connectivity index (χ1n) is 12.3. The van der Waals surface area contributed by atoms with E-state index in [4.69, 9.17) is 20.2 Å². The number of nitrogens with one attached hydrogen (secondary N) is 1. The fourth-order valence-corrected chi connectivity index (χ4v) is 4.75. The highest BCUT2D eigenvalue weighted by atomic mass is 32.2. The van der Waals surface area contributed by atoms with E-state index in [-0.39, 0.29) is 18.4 Å². The summed E-state index contributed by atoms with van der Waals surface area (Å²) in [5.74, 6) is 0.163. The van der Waals surface area contributed by atoms with Crippen molar-refractivity contribution in [2.75, 3.05) is 27.9 Å². The van der Waals surface area contributed by atoms with Crippen LogP contribution in [0.15, 0.2) is 53.5 Å². The molecule has 0 aliphatic carbocycles. The van der Waals surface area contributed by atoms with Gasteiger partial charge >= 0.3 is 0 Å². The number of hydrogen-bond donors (Lipinski definition) is 2. The zero-order valence-electron chi connectivity index (χ0n) is 22.6. The molecule has 202 valence electrons. The Labute approximate surface area is 229 Å². The van der Waals surface area contributed by atoms with Gasteiger partial charge < -0.3 is 15.2 Å². The van der Waals surface area contributed by atoms with Gasteiger partial charge in [0.15, 0.2) is 5.17 Å². The molecule has 10 heteroatoms. The number of carbonyl (C=O) groups is 1. The molecular weight excluding hydrogens is 500 g/mol. The van der Waals surface area contributed by atoms with Crippen LogP contribution in [0.5, 0.6) is 11.8 Å². The third-order valence-corrected chi connectivity index (χ3v) is 6.80. The number of aromatic nitrogens is 2. The van der Waals surface area contributed by atoms with Crippen LogP contribution in [-0.2, 0) is 16.1 Å². The highest BCUT2D eigenvalue weighted by molar-refractivity contribution is 8.12. The first-order valence-corrected chi connectivity index (χ1v) is 13.1. The van der Waals surface area contributed by atoms with Crippen molar-refractivity contribution >= 4 is 23.0 Å². The maximum atomic E-state index is 13.4. The normalized spacial score (nSPS) is 15.1. The molecule has 3 aromatic rings.